The van der Waals surface area contributed by atoms with Gasteiger partial charge in [-0.05, 0) is 37.6 Å². The van der Waals surface area contributed by atoms with Crippen molar-refractivity contribution in [3.8, 4) is 11.4 Å². The summed E-state index contributed by atoms with van der Waals surface area (Å²) in [5, 5.41) is 15.3. The molecule has 10 nitrogen and oxygen atoms in total. The Morgan fingerprint density at radius 3 is 2.58 bits per heavy atom. The van der Waals surface area contributed by atoms with Crippen molar-refractivity contribution in [3.63, 3.8) is 0 Å². The average molecular weight is 447 g/mol. The molecule has 0 aliphatic rings. The standard InChI is InChI=1S/C19H18FN5O5S/c1-3-15-22-23-19(31-15)21-14(26)10-30-13-9-16(27)25(12-7-5-11(20)6-8-12)24-17(13)18(28)29-4-2/h5-9H,3-4,10H2,1-2H3,(H,21,23,26). The Hall–Kier alpha value is -3.67. The molecule has 12 heteroatoms. The second-order valence-corrected chi connectivity index (χ2v) is 7.06. The maximum absolute atomic E-state index is 13.2. The SMILES string of the molecule is CCOC(=O)c1nn(-c2ccc(F)cc2)c(=O)cc1OCC(=O)Nc1nnc(CC)s1. The minimum atomic E-state index is -0.842. The van der Waals surface area contributed by atoms with Crippen LogP contribution in [0.15, 0.2) is 35.1 Å². The normalized spacial score (nSPS) is 10.5. The highest BCUT2D eigenvalue weighted by atomic mass is 32.1. The first-order valence-electron chi connectivity index (χ1n) is 9.23. The molecule has 0 fully saturated rings. The van der Waals surface area contributed by atoms with Crippen LogP contribution in [-0.2, 0) is 16.0 Å². The number of nitrogens with zero attached hydrogens (tertiary/aromatic N) is 4. The molecule has 3 aromatic rings. The van der Waals surface area contributed by atoms with E-state index in [1.54, 1.807) is 6.92 Å². The van der Waals surface area contributed by atoms with Crippen LogP contribution in [0.25, 0.3) is 5.69 Å². The number of ether oxygens (including phenoxy) is 2. The van der Waals surface area contributed by atoms with Crippen LogP contribution in [0.4, 0.5) is 9.52 Å². The molecule has 0 atom stereocenters. The Morgan fingerprint density at radius 1 is 1.19 bits per heavy atom. The van der Waals surface area contributed by atoms with Gasteiger partial charge in [-0.2, -0.15) is 9.78 Å². The first kappa shape index (κ1) is 22.0. The molecule has 0 saturated carbocycles. The number of esters is 1. The topological polar surface area (TPSA) is 125 Å². The monoisotopic (exact) mass is 447 g/mol. The summed E-state index contributed by atoms with van der Waals surface area (Å²) in [6.07, 6.45) is 0.683. The largest absolute Gasteiger partial charge is 0.481 e. The van der Waals surface area contributed by atoms with E-state index in [2.05, 4.69) is 20.6 Å². The molecule has 0 radical (unpaired) electrons. The Kier molecular flexibility index (Phi) is 7.03. The van der Waals surface area contributed by atoms with Gasteiger partial charge in [-0.25, -0.2) is 9.18 Å². The van der Waals surface area contributed by atoms with Gasteiger partial charge in [0.15, 0.2) is 12.4 Å². The first-order valence-corrected chi connectivity index (χ1v) is 10.0. The molecule has 2 heterocycles. The lowest BCUT2D eigenvalue weighted by atomic mass is 10.3. The van der Waals surface area contributed by atoms with Crippen LogP contribution < -0.4 is 15.6 Å². The summed E-state index contributed by atoms with van der Waals surface area (Å²) in [5.74, 6) is -2.11. The Bertz CT molecular complexity index is 1150. The summed E-state index contributed by atoms with van der Waals surface area (Å²) in [5.41, 5.74) is -0.709. The molecule has 2 aromatic heterocycles. The van der Waals surface area contributed by atoms with Crippen LogP contribution in [0.1, 0.15) is 29.3 Å². The summed E-state index contributed by atoms with van der Waals surface area (Å²) in [6.45, 7) is 3.07. The number of amides is 1. The van der Waals surface area contributed by atoms with Crippen molar-refractivity contribution < 1.29 is 23.5 Å². The molecule has 31 heavy (non-hydrogen) atoms. The molecule has 0 saturated heterocycles. The van der Waals surface area contributed by atoms with Gasteiger partial charge in [0.05, 0.1) is 18.4 Å². The maximum Gasteiger partial charge on any atom is 0.362 e. The Morgan fingerprint density at radius 2 is 1.94 bits per heavy atom. The van der Waals surface area contributed by atoms with E-state index in [4.69, 9.17) is 9.47 Å². The van der Waals surface area contributed by atoms with Gasteiger partial charge in [0, 0.05) is 0 Å². The smallest absolute Gasteiger partial charge is 0.362 e. The molecule has 0 aliphatic heterocycles. The van der Waals surface area contributed by atoms with Gasteiger partial charge >= 0.3 is 5.97 Å². The fourth-order valence-corrected chi connectivity index (χ4v) is 3.10. The first-order chi connectivity index (χ1) is 14.9. The van der Waals surface area contributed by atoms with Crippen LogP contribution in [0.2, 0.25) is 0 Å². The van der Waals surface area contributed by atoms with Crippen LogP contribution in [0.5, 0.6) is 5.75 Å². The lowest BCUT2D eigenvalue weighted by Crippen LogP contribution is -2.27. The highest BCUT2D eigenvalue weighted by molar-refractivity contribution is 7.15. The van der Waals surface area contributed by atoms with E-state index in [0.29, 0.717) is 11.6 Å². The number of rotatable bonds is 8. The van der Waals surface area contributed by atoms with Gasteiger partial charge in [-0.3, -0.25) is 14.9 Å². The summed E-state index contributed by atoms with van der Waals surface area (Å²) in [7, 11) is 0. The second-order valence-electron chi connectivity index (χ2n) is 6.00. The third kappa shape index (κ3) is 5.48. The van der Waals surface area contributed by atoms with Crippen molar-refractivity contribution in [1.29, 1.82) is 0 Å². The molecule has 0 aliphatic carbocycles. The number of carbonyl (C=O) groups is 2. The van der Waals surface area contributed by atoms with Crippen molar-refractivity contribution in [2.75, 3.05) is 18.5 Å². The number of carbonyl (C=O) groups excluding carboxylic acids is 2. The van der Waals surface area contributed by atoms with E-state index in [1.165, 1.54) is 23.5 Å². The number of hydrogen-bond acceptors (Lipinski definition) is 9. The van der Waals surface area contributed by atoms with E-state index in [9.17, 15) is 18.8 Å². The highest BCUT2D eigenvalue weighted by Gasteiger charge is 2.21. The van der Waals surface area contributed by atoms with Gasteiger partial charge in [0.1, 0.15) is 10.8 Å². The van der Waals surface area contributed by atoms with Crippen molar-refractivity contribution in [1.82, 2.24) is 20.0 Å². The number of nitrogens with one attached hydrogen (secondary N) is 1. The van der Waals surface area contributed by atoms with Crippen LogP contribution >= 0.6 is 11.3 Å². The summed E-state index contributed by atoms with van der Waals surface area (Å²) in [4.78, 5) is 37.0. The molecule has 1 N–H and O–H groups in total. The second kappa shape index (κ2) is 9.89. The molecular formula is C19H18FN5O5S. The Balaban J connectivity index is 1.83. The third-order valence-electron chi connectivity index (χ3n) is 3.81. The molecule has 1 amide bonds. The minimum absolute atomic E-state index is 0.0624. The van der Waals surface area contributed by atoms with Gasteiger partial charge < -0.3 is 9.47 Å². The van der Waals surface area contributed by atoms with E-state index in [-0.39, 0.29) is 23.7 Å². The highest BCUT2D eigenvalue weighted by Crippen LogP contribution is 2.18. The van der Waals surface area contributed by atoms with E-state index < -0.39 is 29.9 Å². The maximum atomic E-state index is 13.2. The fraction of sp³-hybridized carbons (Fsp3) is 0.263. The zero-order valence-corrected chi connectivity index (χ0v) is 17.4. The van der Waals surface area contributed by atoms with Crippen LogP contribution in [0, 0.1) is 5.82 Å². The van der Waals surface area contributed by atoms with Crippen LogP contribution in [0.3, 0.4) is 0 Å². The van der Waals surface area contributed by atoms with Gasteiger partial charge in [-0.1, -0.05) is 18.3 Å². The third-order valence-corrected chi connectivity index (χ3v) is 4.79. The van der Waals surface area contributed by atoms with Gasteiger partial charge in [0.25, 0.3) is 11.5 Å². The number of halogens is 1. The van der Waals surface area contributed by atoms with Crippen molar-refractivity contribution in [3.05, 3.63) is 57.2 Å². The van der Waals surface area contributed by atoms with E-state index >= 15 is 0 Å². The zero-order chi connectivity index (χ0) is 22.4. The summed E-state index contributed by atoms with van der Waals surface area (Å²) < 4.78 is 24.4. The van der Waals surface area contributed by atoms with E-state index in [0.717, 1.165) is 27.9 Å². The van der Waals surface area contributed by atoms with Gasteiger partial charge in [-0.15, -0.1) is 10.2 Å². The number of aromatic nitrogens is 4. The predicted molar refractivity (Wildman–Crippen MR) is 109 cm³/mol. The molecule has 3 rings (SSSR count). The minimum Gasteiger partial charge on any atom is -0.481 e. The van der Waals surface area contributed by atoms with Gasteiger partial charge in [0.2, 0.25) is 10.8 Å². The number of anilines is 1. The van der Waals surface area contributed by atoms with Crippen LogP contribution in [-0.4, -0.2) is 45.1 Å². The lowest BCUT2D eigenvalue weighted by molar-refractivity contribution is -0.118. The molecule has 162 valence electrons. The molecule has 0 spiro atoms. The van der Waals surface area contributed by atoms with Crippen molar-refractivity contribution in [2.45, 2.75) is 20.3 Å². The Labute approximate surface area is 179 Å². The zero-order valence-electron chi connectivity index (χ0n) is 16.6. The number of hydrogen-bond donors (Lipinski definition) is 1. The number of benzene rings is 1. The molecule has 1 aromatic carbocycles. The van der Waals surface area contributed by atoms with E-state index in [1.807, 2.05) is 6.92 Å². The average Bonchev–Trinajstić information content (AvgIpc) is 3.20. The number of aryl methyl sites for hydroxylation is 1. The molecule has 0 bridgehead atoms. The summed E-state index contributed by atoms with van der Waals surface area (Å²) in [6, 6.07) is 5.98. The quantitative estimate of drug-likeness (QED) is 0.520. The fourth-order valence-electron chi connectivity index (χ4n) is 2.40. The lowest BCUT2D eigenvalue weighted by Gasteiger charge is -2.12. The molecule has 0 unspecified atom stereocenters. The molecular weight excluding hydrogens is 429 g/mol. The van der Waals surface area contributed by atoms with Crippen molar-refractivity contribution >= 4 is 28.3 Å². The van der Waals surface area contributed by atoms with Crippen molar-refractivity contribution in [2.24, 2.45) is 0 Å². The summed E-state index contributed by atoms with van der Waals surface area (Å²) >= 11 is 1.22. The predicted octanol–water partition coefficient (Wildman–Crippen LogP) is 1.98.